The van der Waals surface area contributed by atoms with Crippen LogP contribution in [0.2, 0.25) is 6.04 Å². The number of nitrogens with zero attached hydrogens (tertiary/aromatic N) is 1. The predicted molar refractivity (Wildman–Crippen MR) is 88.9 cm³/mol. The van der Waals surface area contributed by atoms with Crippen molar-refractivity contribution in [2.24, 2.45) is 0 Å². The van der Waals surface area contributed by atoms with E-state index in [-0.39, 0.29) is 6.10 Å². The zero-order valence-corrected chi connectivity index (χ0v) is 14.4. The molecule has 122 valence electrons. The van der Waals surface area contributed by atoms with Gasteiger partial charge in [-0.25, -0.2) is 0 Å². The van der Waals surface area contributed by atoms with Crippen molar-refractivity contribution in [3.05, 3.63) is 43.1 Å². The van der Waals surface area contributed by atoms with Crippen LogP contribution in [-0.2, 0) is 18.0 Å². The first-order valence-corrected chi connectivity index (χ1v) is 9.46. The Hall–Kier alpha value is -1.18. The number of hydrogen-bond donors (Lipinski definition) is 0. The monoisotopic (exact) mass is 323 g/mol. The molecule has 1 aliphatic heterocycles. The van der Waals surface area contributed by atoms with Gasteiger partial charge in [0.05, 0.1) is 12.7 Å². The molecule has 0 saturated carbocycles. The van der Waals surface area contributed by atoms with Crippen LogP contribution in [0.4, 0.5) is 5.69 Å². The van der Waals surface area contributed by atoms with Crippen LogP contribution in [0.25, 0.3) is 0 Å². The van der Waals surface area contributed by atoms with Crippen molar-refractivity contribution in [2.45, 2.75) is 18.6 Å². The molecule has 0 spiro atoms. The minimum absolute atomic E-state index is 0.120. The van der Waals surface area contributed by atoms with Crippen LogP contribution >= 0.6 is 0 Å². The minimum atomic E-state index is -2.60. The molecule has 0 N–H and O–H groups in total. The summed E-state index contributed by atoms with van der Waals surface area (Å²) >= 11 is 0. The van der Waals surface area contributed by atoms with Crippen molar-refractivity contribution in [1.29, 1.82) is 0 Å². The maximum Gasteiger partial charge on any atom is 0.500 e. The Morgan fingerprint density at radius 2 is 2.05 bits per heavy atom. The lowest BCUT2D eigenvalue weighted by molar-refractivity contribution is -0.0106. The van der Waals surface area contributed by atoms with Crippen LogP contribution < -0.4 is 4.90 Å². The molecule has 0 bridgehead atoms. The minimum Gasteiger partial charge on any atom is -0.379 e. The van der Waals surface area contributed by atoms with E-state index in [2.05, 4.69) is 11.5 Å². The van der Waals surface area contributed by atoms with E-state index in [9.17, 15) is 0 Å². The third-order valence-electron chi connectivity index (χ3n) is 3.75. The van der Waals surface area contributed by atoms with Crippen molar-refractivity contribution in [3.8, 4) is 0 Å². The number of rotatable bonds is 6. The van der Waals surface area contributed by atoms with Crippen LogP contribution in [0.3, 0.4) is 0 Å². The molecule has 1 saturated heterocycles. The number of para-hydroxylation sites is 1. The molecule has 5 nitrogen and oxygen atoms in total. The van der Waals surface area contributed by atoms with Crippen LogP contribution in [0.5, 0.6) is 0 Å². The molecule has 0 radical (unpaired) electrons. The average Bonchev–Trinajstić information content (AvgIpc) is 2.55. The topological polar surface area (TPSA) is 40.2 Å². The highest BCUT2D eigenvalue weighted by Gasteiger charge is 2.42. The van der Waals surface area contributed by atoms with Gasteiger partial charge in [0.1, 0.15) is 0 Å². The van der Waals surface area contributed by atoms with Gasteiger partial charge in [0.2, 0.25) is 0 Å². The Kier molecular flexibility index (Phi) is 6.60. The Morgan fingerprint density at radius 1 is 1.32 bits per heavy atom. The summed E-state index contributed by atoms with van der Waals surface area (Å²) in [6.45, 7) is 5.78. The summed E-state index contributed by atoms with van der Waals surface area (Å²) in [5.41, 5.74) is 1.07. The smallest absolute Gasteiger partial charge is 0.379 e. The van der Waals surface area contributed by atoms with Gasteiger partial charge in [0, 0.05) is 39.1 Å². The van der Waals surface area contributed by atoms with Gasteiger partial charge in [-0.15, -0.1) is 0 Å². The SMILES string of the molecule is C=CN(CC1COCCC[Si](OC)(OC)O1)c1ccccc1. The van der Waals surface area contributed by atoms with Crippen molar-refractivity contribution in [2.75, 3.05) is 38.9 Å². The number of benzene rings is 1. The predicted octanol–water partition coefficient (Wildman–Crippen LogP) is 2.67. The van der Waals surface area contributed by atoms with E-state index in [0.717, 1.165) is 18.2 Å². The maximum absolute atomic E-state index is 6.21. The molecule has 22 heavy (non-hydrogen) atoms. The number of hydrogen-bond acceptors (Lipinski definition) is 5. The second kappa shape index (κ2) is 8.45. The fraction of sp³-hybridized carbons (Fsp3) is 0.500. The van der Waals surface area contributed by atoms with Crippen molar-refractivity contribution in [3.63, 3.8) is 0 Å². The molecule has 1 heterocycles. The zero-order chi connectivity index (χ0) is 15.8. The van der Waals surface area contributed by atoms with Gasteiger partial charge in [-0.3, -0.25) is 0 Å². The quantitative estimate of drug-likeness (QED) is 0.753. The van der Waals surface area contributed by atoms with E-state index in [4.69, 9.17) is 18.0 Å². The largest absolute Gasteiger partial charge is 0.500 e. The summed E-state index contributed by atoms with van der Waals surface area (Å²) in [5.74, 6) is 0. The van der Waals surface area contributed by atoms with Gasteiger partial charge < -0.3 is 22.9 Å². The lowest BCUT2D eigenvalue weighted by Gasteiger charge is -2.35. The third-order valence-corrected chi connectivity index (χ3v) is 6.65. The average molecular weight is 323 g/mol. The normalized spacial score (nSPS) is 21.6. The van der Waals surface area contributed by atoms with Gasteiger partial charge in [0.25, 0.3) is 0 Å². The molecule has 1 fully saturated rings. The fourth-order valence-electron chi connectivity index (χ4n) is 2.55. The van der Waals surface area contributed by atoms with Crippen LogP contribution in [-0.4, -0.2) is 48.9 Å². The Morgan fingerprint density at radius 3 is 2.68 bits per heavy atom. The first-order valence-electron chi connectivity index (χ1n) is 7.53. The molecular weight excluding hydrogens is 298 g/mol. The Bertz CT molecular complexity index is 453. The Labute approximate surface area is 133 Å². The van der Waals surface area contributed by atoms with Crippen molar-refractivity contribution in [1.82, 2.24) is 0 Å². The summed E-state index contributed by atoms with van der Waals surface area (Å²) in [6, 6.07) is 10.9. The molecule has 6 heteroatoms. The van der Waals surface area contributed by atoms with Gasteiger partial charge in [0.15, 0.2) is 0 Å². The van der Waals surface area contributed by atoms with Gasteiger partial charge >= 0.3 is 8.80 Å². The lowest BCUT2D eigenvalue weighted by Crippen LogP contribution is -2.51. The summed E-state index contributed by atoms with van der Waals surface area (Å²) in [5, 5.41) is 0. The molecule has 1 aliphatic rings. The maximum atomic E-state index is 6.21. The van der Waals surface area contributed by atoms with E-state index >= 15 is 0 Å². The molecular formula is C16H25NO4Si. The van der Waals surface area contributed by atoms with Crippen molar-refractivity contribution >= 4 is 14.5 Å². The number of anilines is 1. The van der Waals surface area contributed by atoms with Crippen molar-refractivity contribution < 1.29 is 18.0 Å². The third kappa shape index (κ3) is 4.41. The first kappa shape index (κ1) is 17.2. The number of ether oxygens (including phenoxy) is 1. The highest BCUT2D eigenvalue weighted by atomic mass is 28.4. The molecule has 1 aromatic rings. The van der Waals surface area contributed by atoms with Crippen LogP contribution in [0.15, 0.2) is 43.1 Å². The van der Waals surface area contributed by atoms with E-state index in [1.165, 1.54) is 0 Å². The summed E-state index contributed by atoms with van der Waals surface area (Å²) < 4.78 is 23.1. The summed E-state index contributed by atoms with van der Waals surface area (Å²) in [4.78, 5) is 2.06. The molecule has 0 amide bonds. The second-order valence-corrected chi connectivity index (χ2v) is 8.10. The molecule has 1 aromatic carbocycles. The first-order chi connectivity index (χ1) is 10.7. The molecule has 1 atom stereocenters. The van der Waals surface area contributed by atoms with Crippen LogP contribution in [0, 0.1) is 0 Å². The van der Waals surface area contributed by atoms with E-state index in [1.54, 1.807) is 20.4 Å². The molecule has 0 aromatic heterocycles. The second-order valence-electron chi connectivity index (χ2n) is 5.18. The van der Waals surface area contributed by atoms with Crippen LogP contribution in [0.1, 0.15) is 6.42 Å². The molecule has 2 rings (SSSR count). The van der Waals surface area contributed by atoms with E-state index in [0.29, 0.717) is 19.8 Å². The molecule has 1 unspecified atom stereocenters. The summed E-state index contributed by atoms with van der Waals surface area (Å²) in [7, 11) is 0.731. The zero-order valence-electron chi connectivity index (χ0n) is 13.4. The van der Waals surface area contributed by atoms with Gasteiger partial charge in [-0.1, -0.05) is 24.8 Å². The van der Waals surface area contributed by atoms with E-state index in [1.807, 2.05) is 30.3 Å². The lowest BCUT2D eigenvalue weighted by atomic mass is 10.2. The molecule has 0 aliphatic carbocycles. The highest BCUT2D eigenvalue weighted by molar-refractivity contribution is 6.60. The van der Waals surface area contributed by atoms with Gasteiger partial charge in [-0.05, 0) is 24.8 Å². The standard InChI is InChI=1S/C16H25NO4Si/c1-4-17(15-9-6-5-7-10-15)13-16-14-20-11-8-12-22(18-2,19-3)21-16/h4-7,9-10,16H,1,8,11-14H2,2-3H3. The fourth-order valence-corrected chi connectivity index (χ4v) is 4.66. The summed E-state index contributed by atoms with van der Waals surface area (Å²) in [6.07, 6.45) is 2.58. The van der Waals surface area contributed by atoms with E-state index < -0.39 is 8.80 Å². The highest BCUT2D eigenvalue weighted by Crippen LogP contribution is 2.23. The van der Waals surface area contributed by atoms with Gasteiger partial charge in [-0.2, -0.15) is 0 Å². The Balaban J connectivity index is 2.09.